The van der Waals surface area contributed by atoms with Crippen molar-refractivity contribution in [2.24, 2.45) is 0 Å². The Hall–Kier alpha value is -2.24. The molecule has 0 aliphatic heterocycles. The number of rotatable bonds is 8. The van der Waals surface area contributed by atoms with E-state index in [1.807, 2.05) is 60.7 Å². The molecular formula is C18H19NO3S. The van der Waals surface area contributed by atoms with E-state index in [0.717, 1.165) is 17.4 Å². The summed E-state index contributed by atoms with van der Waals surface area (Å²) in [6.45, 7) is 0.413. The molecule has 0 saturated carbocycles. The van der Waals surface area contributed by atoms with Crippen molar-refractivity contribution in [1.29, 1.82) is 0 Å². The number of nitrogens with zero attached hydrogens (tertiary/aromatic N) is 1. The monoisotopic (exact) mass is 329 g/mol. The van der Waals surface area contributed by atoms with Gasteiger partial charge in [0.15, 0.2) is 0 Å². The first-order valence-electron chi connectivity index (χ1n) is 7.32. The second kappa shape index (κ2) is 8.41. The molecular weight excluding hydrogens is 310 g/mol. The molecule has 0 bridgehead atoms. The van der Waals surface area contributed by atoms with Gasteiger partial charge in [0.2, 0.25) is 10.0 Å². The van der Waals surface area contributed by atoms with Crippen molar-refractivity contribution < 1.29 is 13.2 Å². The van der Waals surface area contributed by atoms with Gasteiger partial charge in [0, 0.05) is 24.9 Å². The van der Waals surface area contributed by atoms with Gasteiger partial charge >= 0.3 is 0 Å². The largest absolute Gasteiger partial charge is 0.303 e. The van der Waals surface area contributed by atoms with E-state index < -0.39 is 10.0 Å². The Labute approximate surface area is 137 Å². The van der Waals surface area contributed by atoms with E-state index in [-0.39, 0.29) is 19.5 Å². The minimum absolute atomic E-state index is 0.167. The van der Waals surface area contributed by atoms with Crippen LogP contribution < -0.4 is 0 Å². The van der Waals surface area contributed by atoms with E-state index in [2.05, 4.69) is 0 Å². The van der Waals surface area contributed by atoms with Crippen molar-refractivity contribution >= 4 is 22.4 Å². The number of hydrogen-bond acceptors (Lipinski definition) is 3. The molecule has 0 N–H and O–H groups in total. The molecule has 0 atom stereocenters. The Morgan fingerprint density at radius 1 is 0.913 bits per heavy atom. The second-order valence-corrected chi connectivity index (χ2v) is 6.85. The molecule has 0 aromatic heterocycles. The van der Waals surface area contributed by atoms with Gasteiger partial charge in [0.05, 0.1) is 0 Å². The molecule has 2 rings (SSSR count). The maximum Gasteiger partial charge on any atom is 0.236 e. The zero-order chi connectivity index (χ0) is 16.5. The molecule has 0 amide bonds. The molecule has 0 unspecified atom stereocenters. The molecule has 0 spiro atoms. The summed E-state index contributed by atoms with van der Waals surface area (Å²) in [5.41, 5.74) is 1.70. The number of carbonyl (C=O) groups is 1. The summed E-state index contributed by atoms with van der Waals surface area (Å²) in [6, 6.07) is 18.6. The van der Waals surface area contributed by atoms with Gasteiger partial charge in [-0.3, -0.25) is 0 Å². The minimum atomic E-state index is -3.60. The lowest BCUT2D eigenvalue weighted by molar-refractivity contribution is -0.107. The van der Waals surface area contributed by atoms with Crippen molar-refractivity contribution in [3.63, 3.8) is 0 Å². The topological polar surface area (TPSA) is 54.5 Å². The third-order valence-electron chi connectivity index (χ3n) is 3.29. The summed E-state index contributed by atoms with van der Waals surface area (Å²) >= 11 is 0. The minimum Gasteiger partial charge on any atom is -0.303 e. The first kappa shape index (κ1) is 17.1. The summed E-state index contributed by atoms with van der Waals surface area (Å²) in [7, 11) is -3.60. The molecule has 23 heavy (non-hydrogen) atoms. The number of aldehydes is 1. The van der Waals surface area contributed by atoms with Gasteiger partial charge in [-0.05, 0) is 17.2 Å². The molecule has 0 heterocycles. The Bertz CT molecular complexity index is 740. The van der Waals surface area contributed by atoms with E-state index in [4.69, 9.17) is 0 Å². The van der Waals surface area contributed by atoms with Gasteiger partial charge in [-0.2, -0.15) is 4.31 Å². The Balaban J connectivity index is 2.19. The van der Waals surface area contributed by atoms with Crippen molar-refractivity contribution in [3.05, 3.63) is 77.2 Å². The van der Waals surface area contributed by atoms with E-state index in [0.29, 0.717) is 0 Å². The lowest BCUT2D eigenvalue weighted by Gasteiger charge is -2.19. The van der Waals surface area contributed by atoms with Gasteiger partial charge in [-0.15, -0.1) is 0 Å². The van der Waals surface area contributed by atoms with Crippen LogP contribution in [0.1, 0.15) is 17.5 Å². The summed E-state index contributed by atoms with van der Waals surface area (Å²) in [5, 5.41) is 1.19. The highest BCUT2D eigenvalue weighted by Gasteiger charge is 2.19. The molecule has 2 aromatic carbocycles. The van der Waals surface area contributed by atoms with Crippen molar-refractivity contribution in [3.8, 4) is 0 Å². The molecule has 4 nitrogen and oxygen atoms in total. The lowest BCUT2D eigenvalue weighted by atomic mass is 10.2. The summed E-state index contributed by atoms with van der Waals surface area (Å²) < 4.78 is 26.4. The summed E-state index contributed by atoms with van der Waals surface area (Å²) in [5.74, 6) is 0. The van der Waals surface area contributed by atoms with Crippen LogP contribution in [-0.2, 0) is 21.4 Å². The van der Waals surface area contributed by atoms with Crippen LogP contribution in [0.5, 0.6) is 0 Å². The molecule has 0 aliphatic rings. The summed E-state index contributed by atoms with van der Waals surface area (Å²) in [6.07, 6.45) is 2.47. The number of hydrogen-bond donors (Lipinski definition) is 0. The number of sulfonamides is 1. The van der Waals surface area contributed by atoms with E-state index in [1.54, 1.807) is 6.08 Å². The zero-order valence-corrected chi connectivity index (χ0v) is 13.5. The fourth-order valence-electron chi connectivity index (χ4n) is 2.09. The predicted octanol–water partition coefficient (Wildman–Crippen LogP) is 3.08. The smallest absolute Gasteiger partial charge is 0.236 e. The average Bonchev–Trinajstić information content (AvgIpc) is 2.58. The number of benzene rings is 2. The Morgan fingerprint density at radius 2 is 1.52 bits per heavy atom. The molecule has 0 aliphatic carbocycles. The van der Waals surface area contributed by atoms with Crippen LogP contribution in [0.15, 0.2) is 66.1 Å². The Kier molecular flexibility index (Phi) is 6.26. The molecule has 0 saturated heterocycles. The van der Waals surface area contributed by atoms with Gasteiger partial charge < -0.3 is 4.79 Å². The van der Waals surface area contributed by atoms with Crippen molar-refractivity contribution in [1.82, 2.24) is 4.31 Å². The van der Waals surface area contributed by atoms with Crippen LogP contribution in [0.2, 0.25) is 0 Å². The molecule has 2 aromatic rings. The SMILES string of the molecule is O=CCCN(Cc1ccccc1)S(=O)(=O)/C=C/c1ccccc1. The van der Waals surface area contributed by atoms with Gasteiger partial charge in [0.1, 0.15) is 6.29 Å². The normalized spacial score (nSPS) is 11.9. The first-order chi connectivity index (χ1) is 11.1. The van der Waals surface area contributed by atoms with Gasteiger partial charge in [0.25, 0.3) is 0 Å². The van der Waals surface area contributed by atoms with E-state index in [1.165, 1.54) is 9.71 Å². The molecule has 0 fully saturated rings. The van der Waals surface area contributed by atoms with Crippen LogP contribution >= 0.6 is 0 Å². The molecule has 0 radical (unpaired) electrons. The van der Waals surface area contributed by atoms with Crippen molar-refractivity contribution in [2.75, 3.05) is 6.54 Å². The third-order valence-corrected chi connectivity index (χ3v) is 4.80. The van der Waals surface area contributed by atoms with Crippen LogP contribution in [0, 0.1) is 0 Å². The average molecular weight is 329 g/mol. The van der Waals surface area contributed by atoms with E-state index in [9.17, 15) is 13.2 Å². The van der Waals surface area contributed by atoms with Crippen LogP contribution in [0.3, 0.4) is 0 Å². The van der Waals surface area contributed by atoms with Crippen LogP contribution in [0.25, 0.3) is 6.08 Å². The van der Waals surface area contributed by atoms with Crippen molar-refractivity contribution in [2.45, 2.75) is 13.0 Å². The molecule has 5 heteroatoms. The fraction of sp³-hybridized carbons (Fsp3) is 0.167. The fourth-order valence-corrected chi connectivity index (χ4v) is 3.28. The predicted molar refractivity (Wildman–Crippen MR) is 91.9 cm³/mol. The van der Waals surface area contributed by atoms with Crippen LogP contribution in [-0.4, -0.2) is 25.6 Å². The van der Waals surface area contributed by atoms with Gasteiger partial charge in [-0.25, -0.2) is 8.42 Å². The lowest BCUT2D eigenvalue weighted by Crippen LogP contribution is -2.30. The highest BCUT2D eigenvalue weighted by atomic mass is 32.2. The Morgan fingerprint density at radius 3 is 2.13 bits per heavy atom. The highest BCUT2D eigenvalue weighted by Crippen LogP contribution is 2.13. The van der Waals surface area contributed by atoms with Gasteiger partial charge in [-0.1, -0.05) is 60.7 Å². The molecule has 120 valence electrons. The zero-order valence-electron chi connectivity index (χ0n) is 12.7. The number of carbonyl (C=O) groups excluding carboxylic acids is 1. The first-order valence-corrected chi connectivity index (χ1v) is 8.83. The maximum absolute atomic E-state index is 12.5. The summed E-state index contributed by atoms with van der Waals surface area (Å²) in [4.78, 5) is 10.6. The highest BCUT2D eigenvalue weighted by molar-refractivity contribution is 7.92. The second-order valence-electron chi connectivity index (χ2n) is 5.03. The third kappa shape index (κ3) is 5.47. The standard InChI is InChI=1S/C18H19NO3S/c20-14-7-13-19(16-18-10-5-2-6-11-18)23(21,22)15-12-17-8-3-1-4-9-17/h1-6,8-12,14-15H,7,13,16H2/b15-12+. The van der Waals surface area contributed by atoms with Crippen LogP contribution in [0.4, 0.5) is 0 Å². The van der Waals surface area contributed by atoms with E-state index >= 15 is 0 Å². The quantitative estimate of drug-likeness (QED) is 0.699. The maximum atomic E-state index is 12.5.